The Balaban J connectivity index is 2.97. The molecule has 3 heteroatoms. The topological polar surface area (TPSA) is 37.3 Å². The highest BCUT2D eigenvalue weighted by molar-refractivity contribution is 6.30. The smallest absolute Gasteiger partial charge is 0.311 e. The van der Waals surface area contributed by atoms with Crippen LogP contribution in [0.2, 0.25) is 5.02 Å². The molecule has 0 aliphatic carbocycles. The van der Waals surface area contributed by atoms with E-state index in [2.05, 4.69) is 11.8 Å². The molecule has 2 nitrogen and oxygen atoms in total. The molecule has 0 fully saturated rings. The van der Waals surface area contributed by atoms with Crippen molar-refractivity contribution in [1.29, 1.82) is 0 Å². The van der Waals surface area contributed by atoms with E-state index in [1.807, 2.05) is 0 Å². The first-order chi connectivity index (χ1) is 7.15. The standard InChI is InChI=1S/C12H11ClO2/c1-2-3-7-11(12(14)15)9-5-4-6-10(13)8-9/h4-6,8,11H,7H2,1H3,(H,14,15). The summed E-state index contributed by atoms with van der Waals surface area (Å²) in [6.45, 7) is 1.69. The summed E-state index contributed by atoms with van der Waals surface area (Å²) < 4.78 is 0. The number of carboxylic acid groups (broad SMARTS) is 1. The molecule has 1 aromatic rings. The number of benzene rings is 1. The number of rotatable bonds is 3. The van der Waals surface area contributed by atoms with Crippen molar-refractivity contribution >= 4 is 17.6 Å². The zero-order chi connectivity index (χ0) is 11.3. The van der Waals surface area contributed by atoms with Gasteiger partial charge in [0, 0.05) is 11.4 Å². The van der Waals surface area contributed by atoms with Gasteiger partial charge in [-0.15, -0.1) is 11.8 Å². The highest BCUT2D eigenvalue weighted by atomic mass is 35.5. The molecule has 0 aliphatic rings. The molecular weight excluding hydrogens is 212 g/mol. The molecule has 1 N–H and O–H groups in total. The summed E-state index contributed by atoms with van der Waals surface area (Å²) in [6.07, 6.45) is 0.312. The first-order valence-corrected chi connectivity index (χ1v) is 4.91. The molecule has 0 saturated carbocycles. The van der Waals surface area contributed by atoms with Gasteiger partial charge in [-0.2, -0.15) is 0 Å². The third-order valence-electron chi connectivity index (χ3n) is 2.03. The van der Waals surface area contributed by atoms with Crippen LogP contribution in [0.5, 0.6) is 0 Å². The fourth-order valence-corrected chi connectivity index (χ4v) is 1.47. The Bertz CT molecular complexity index is 415. The quantitative estimate of drug-likeness (QED) is 0.799. The zero-order valence-electron chi connectivity index (χ0n) is 8.33. The summed E-state index contributed by atoms with van der Waals surface area (Å²) in [4.78, 5) is 11.0. The van der Waals surface area contributed by atoms with Gasteiger partial charge in [0.2, 0.25) is 0 Å². The molecular formula is C12H11ClO2. The maximum Gasteiger partial charge on any atom is 0.311 e. The summed E-state index contributed by atoms with van der Waals surface area (Å²) in [7, 11) is 0. The predicted molar refractivity (Wildman–Crippen MR) is 59.9 cm³/mol. The average molecular weight is 223 g/mol. The fraction of sp³-hybridized carbons (Fsp3) is 0.250. The van der Waals surface area contributed by atoms with Crippen molar-refractivity contribution < 1.29 is 9.90 Å². The number of halogens is 1. The van der Waals surface area contributed by atoms with Crippen molar-refractivity contribution in [3.8, 4) is 11.8 Å². The second-order valence-corrected chi connectivity index (χ2v) is 3.51. The second kappa shape index (κ2) is 5.43. The maximum absolute atomic E-state index is 11.0. The Morgan fingerprint density at radius 1 is 1.60 bits per heavy atom. The van der Waals surface area contributed by atoms with Gasteiger partial charge in [0.1, 0.15) is 0 Å². The number of aliphatic carboxylic acids is 1. The van der Waals surface area contributed by atoms with Crippen LogP contribution < -0.4 is 0 Å². The molecule has 0 aliphatic heterocycles. The molecule has 15 heavy (non-hydrogen) atoms. The van der Waals surface area contributed by atoms with E-state index in [1.54, 1.807) is 31.2 Å². The Morgan fingerprint density at radius 2 is 2.33 bits per heavy atom. The summed E-state index contributed by atoms with van der Waals surface area (Å²) in [5, 5.41) is 9.58. The molecule has 1 rings (SSSR count). The van der Waals surface area contributed by atoms with Crippen LogP contribution in [0.15, 0.2) is 24.3 Å². The van der Waals surface area contributed by atoms with Crippen LogP contribution in [0.1, 0.15) is 24.8 Å². The van der Waals surface area contributed by atoms with Crippen LogP contribution in [0, 0.1) is 11.8 Å². The predicted octanol–water partition coefficient (Wildman–Crippen LogP) is 2.92. The normalized spacial score (nSPS) is 11.3. The van der Waals surface area contributed by atoms with E-state index < -0.39 is 11.9 Å². The van der Waals surface area contributed by atoms with Gasteiger partial charge in [-0.05, 0) is 24.6 Å². The van der Waals surface area contributed by atoms with Gasteiger partial charge in [0.25, 0.3) is 0 Å². The highest BCUT2D eigenvalue weighted by Crippen LogP contribution is 2.22. The number of carbonyl (C=O) groups is 1. The van der Waals surface area contributed by atoms with Gasteiger partial charge in [-0.1, -0.05) is 23.7 Å². The second-order valence-electron chi connectivity index (χ2n) is 3.08. The van der Waals surface area contributed by atoms with Crippen molar-refractivity contribution in [2.75, 3.05) is 0 Å². The van der Waals surface area contributed by atoms with Gasteiger partial charge >= 0.3 is 5.97 Å². The lowest BCUT2D eigenvalue weighted by Crippen LogP contribution is -2.10. The summed E-state index contributed by atoms with van der Waals surface area (Å²) in [5.41, 5.74) is 0.692. The van der Waals surface area contributed by atoms with E-state index in [0.717, 1.165) is 0 Å². The monoisotopic (exact) mass is 222 g/mol. The molecule has 0 spiro atoms. The van der Waals surface area contributed by atoms with E-state index in [-0.39, 0.29) is 0 Å². The Hall–Kier alpha value is -1.46. The molecule has 1 aromatic carbocycles. The van der Waals surface area contributed by atoms with Crippen molar-refractivity contribution in [1.82, 2.24) is 0 Å². The zero-order valence-corrected chi connectivity index (χ0v) is 9.08. The lowest BCUT2D eigenvalue weighted by Gasteiger charge is -2.09. The highest BCUT2D eigenvalue weighted by Gasteiger charge is 2.18. The number of hydrogen-bond donors (Lipinski definition) is 1. The van der Waals surface area contributed by atoms with Crippen LogP contribution in [0.4, 0.5) is 0 Å². The molecule has 0 bridgehead atoms. The molecule has 1 atom stereocenters. The van der Waals surface area contributed by atoms with Crippen molar-refractivity contribution in [2.24, 2.45) is 0 Å². The largest absolute Gasteiger partial charge is 0.481 e. The molecule has 0 saturated heterocycles. The summed E-state index contributed by atoms with van der Waals surface area (Å²) >= 11 is 5.80. The van der Waals surface area contributed by atoms with E-state index >= 15 is 0 Å². The summed E-state index contributed by atoms with van der Waals surface area (Å²) in [6, 6.07) is 6.88. The van der Waals surface area contributed by atoms with Crippen molar-refractivity contribution in [2.45, 2.75) is 19.3 Å². The summed E-state index contributed by atoms with van der Waals surface area (Å²) in [5.74, 6) is 3.99. The van der Waals surface area contributed by atoms with Crippen LogP contribution >= 0.6 is 11.6 Å². The first kappa shape index (κ1) is 11.6. The van der Waals surface area contributed by atoms with Gasteiger partial charge < -0.3 is 5.11 Å². The fourth-order valence-electron chi connectivity index (χ4n) is 1.28. The van der Waals surface area contributed by atoms with Crippen molar-refractivity contribution in [3.05, 3.63) is 34.9 Å². The van der Waals surface area contributed by atoms with Gasteiger partial charge in [-0.3, -0.25) is 4.79 Å². The lowest BCUT2D eigenvalue weighted by molar-refractivity contribution is -0.138. The van der Waals surface area contributed by atoms with E-state index in [1.165, 1.54) is 0 Å². The minimum absolute atomic E-state index is 0.312. The van der Waals surface area contributed by atoms with Gasteiger partial charge in [0.15, 0.2) is 0 Å². The third-order valence-corrected chi connectivity index (χ3v) is 2.27. The van der Waals surface area contributed by atoms with Crippen LogP contribution in [-0.2, 0) is 4.79 Å². The molecule has 0 heterocycles. The molecule has 0 radical (unpaired) electrons. The number of carboxylic acids is 1. The van der Waals surface area contributed by atoms with Gasteiger partial charge in [-0.25, -0.2) is 0 Å². The van der Waals surface area contributed by atoms with E-state index in [0.29, 0.717) is 17.0 Å². The Morgan fingerprint density at radius 3 is 2.87 bits per heavy atom. The minimum atomic E-state index is -0.875. The van der Waals surface area contributed by atoms with Crippen molar-refractivity contribution in [3.63, 3.8) is 0 Å². The van der Waals surface area contributed by atoms with E-state index in [9.17, 15) is 4.79 Å². The van der Waals surface area contributed by atoms with Crippen LogP contribution in [0.3, 0.4) is 0 Å². The number of hydrogen-bond acceptors (Lipinski definition) is 1. The SMILES string of the molecule is CC#CCC(C(=O)O)c1cccc(Cl)c1. The molecule has 0 aromatic heterocycles. The van der Waals surface area contributed by atoms with Gasteiger partial charge in [0.05, 0.1) is 5.92 Å². The third kappa shape index (κ3) is 3.30. The maximum atomic E-state index is 11.0. The molecule has 1 unspecified atom stereocenters. The first-order valence-electron chi connectivity index (χ1n) is 4.53. The molecule has 78 valence electrons. The van der Waals surface area contributed by atoms with Crippen LogP contribution in [0.25, 0.3) is 0 Å². The van der Waals surface area contributed by atoms with Crippen LogP contribution in [-0.4, -0.2) is 11.1 Å². The van der Waals surface area contributed by atoms with E-state index in [4.69, 9.17) is 16.7 Å². The Labute approximate surface area is 93.9 Å². The Kier molecular flexibility index (Phi) is 4.20. The average Bonchev–Trinajstić information content (AvgIpc) is 2.18. The minimum Gasteiger partial charge on any atom is -0.481 e. The molecule has 0 amide bonds. The lowest BCUT2D eigenvalue weighted by atomic mass is 9.96.